The predicted molar refractivity (Wildman–Crippen MR) is 148 cm³/mol. The topological polar surface area (TPSA) is 105 Å². The molecule has 5 heterocycles. The molecule has 1 N–H and O–H groups in total. The number of hydrogen-bond acceptors (Lipinski definition) is 8. The van der Waals surface area contributed by atoms with Crippen molar-refractivity contribution in [1.82, 2.24) is 24.4 Å². The average molecular weight is 570 g/mol. The number of rotatable bonds is 7. The van der Waals surface area contributed by atoms with Crippen LogP contribution in [0.3, 0.4) is 0 Å². The second kappa shape index (κ2) is 10.7. The molecule has 0 bridgehead atoms. The lowest BCUT2D eigenvalue weighted by molar-refractivity contribution is 0.127. The van der Waals surface area contributed by atoms with E-state index >= 15 is 8.78 Å². The van der Waals surface area contributed by atoms with Gasteiger partial charge in [-0.3, -0.25) is 4.72 Å². The Balaban J connectivity index is 1.44. The van der Waals surface area contributed by atoms with Crippen LogP contribution in [0.25, 0.3) is 27.8 Å². The maximum absolute atomic E-state index is 15.9. The number of benzene rings is 1. The monoisotopic (exact) mass is 569 g/mol. The number of halogens is 2. The van der Waals surface area contributed by atoms with E-state index in [-0.39, 0.29) is 11.4 Å². The van der Waals surface area contributed by atoms with Crippen LogP contribution in [0, 0.1) is 11.6 Å². The molecule has 1 atom stereocenters. The molecule has 0 radical (unpaired) electrons. The highest BCUT2D eigenvalue weighted by Crippen LogP contribution is 2.35. The van der Waals surface area contributed by atoms with Crippen LogP contribution in [0.1, 0.15) is 12.8 Å². The molecule has 40 heavy (non-hydrogen) atoms. The van der Waals surface area contributed by atoms with Crippen LogP contribution >= 0.6 is 0 Å². The highest BCUT2D eigenvalue weighted by molar-refractivity contribution is 7.92. The molecule has 1 aromatic carbocycles. The third kappa shape index (κ3) is 5.23. The Morgan fingerprint density at radius 2 is 1.85 bits per heavy atom. The molecular formula is C27H29F2N7O3S. The van der Waals surface area contributed by atoms with Crippen molar-refractivity contribution in [2.24, 2.45) is 0 Å². The van der Waals surface area contributed by atoms with Gasteiger partial charge in [-0.1, -0.05) is 0 Å². The van der Waals surface area contributed by atoms with Crippen molar-refractivity contribution in [2.75, 3.05) is 55.2 Å². The van der Waals surface area contributed by atoms with Crippen LogP contribution in [-0.2, 0) is 14.8 Å². The van der Waals surface area contributed by atoms with Crippen molar-refractivity contribution in [3.63, 3.8) is 0 Å². The van der Waals surface area contributed by atoms with Gasteiger partial charge in [-0.2, -0.15) is 0 Å². The Hall–Kier alpha value is -3.68. The molecule has 0 saturated carbocycles. The Bertz CT molecular complexity index is 1640. The van der Waals surface area contributed by atoms with Crippen LogP contribution in [-0.4, -0.2) is 84.5 Å². The van der Waals surface area contributed by atoms with Gasteiger partial charge in [0.15, 0.2) is 5.82 Å². The van der Waals surface area contributed by atoms with Gasteiger partial charge in [-0.15, -0.1) is 0 Å². The van der Waals surface area contributed by atoms with Gasteiger partial charge in [0, 0.05) is 62.5 Å². The fourth-order valence-electron chi connectivity index (χ4n) is 5.21. The highest BCUT2D eigenvalue weighted by Gasteiger charge is 2.27. The molecular weight excluding hydrogens is 540 g/mol. The molecule has 3 aromatic heterocycles. The summed E-state index contributed by atoms with van der Waals surface area (Å²) in [5.41, 5.74) is 1.43. The summed E-state index contributed by atoms with van der Waals surface area (Å²) in [5.74, 6) is -1.43. The molecule has 2 fully saturated rings. The minimum absolute atomic E-state index is 0.303. The molecule has 2 saturated heterocycles. The van der Waals surface area contributed by atoms with Crippen LogP contribution in [0.5, 0.6) is 0 Å². The number of sulfonamides is 1. The summed E-state index contributed by atoms with van der Waals surface area (Å²) in [6, 6.07) is 5.74. The predicted octanol–water partition coefficient (Wildman–Crippen LogP) is 3.43. The van der Waals surface area contributed by atoms with Gasteiger partial charge in [0.1, 0.15) is 23.6 Å². The van der Waals surface area contributed by atoms with Gasteiger partial charge < -0.3 is 19.1 Å². The molecule has 210 valence electrons. The van der Waals surface area contributed by atoms with Gasteiger partial charge in [0.05, 0.1) is 28.6 Å². The van der Waals surface area contributed by atoms with Crippen LogP contribution < -0.4 is 9.62 Å². The number of ether oxygens (including phenoxy) is 1. The lowest BCUT2D eigenvalue weighted by atomic mass is 10.1. The lowest BCUT2D eigenvalue weighted by Crippen LogP contribution is -2.44. The van der Waals surface area contributed by atoms with Crippen LogP contribution in [0.15, 0.2) is 49.2 Å². The largest absolute Gasteiger partial charge is 0.377 e. The summed E-state index contributed by atoms with van der Waals surface area (Å²) in [5, 5.41) is 0. The van der Waals surface area contributed by atoms with Crippen molar-refractivity contribution < 1.29 is 21.9 Å². The van der Waals surface area contributed by atoms with Gasteiger partial charge in [-0.05, 0) is 44.2 Å². The zero-order valence-electron chi connectivity index (χ0n) is 21.9. The van der Waals surface area contributed by atoms with E-state index in [0.717, 1.165) is 50.6 Å². The van der Waals surface area contributed by atoms with Gasteiger partial charge in [-0.25, -0.2) is 32.2 Å². The number of anilines is 2. The molecule has 2 aliphatic rings. The first-order valence-electron chi connectivity index (χ1n) is 13.1. The summed E-state index contributed by atoms with van der Waals surface area (Å²) >= 11 is 0. The van der Waals surface area contributed by atoms with Gasteiger partial charge in [0.25, 0.3) is 0 Å². The fraction of sp³-hybridized carbons (Fsp3) is 0.370. The molecule has 2 aliphatic heterocycles. The van der Waals surface area contributed by atoms with Crippen molar-refractivity contribution in [1.29, 1.82) is 0 Å². The SMILES string of the molecule is CN1CCN(c2ccc3c(n2)c(-c2cncnc2)cn3-c2c(F)ccc(NS(=O)(=O)CC3CCCO3)c2F)CC1. The van der Waals surface area contributed by atoms with Crippen LogP contribution in [0.2, 0.25) is 0 Å². The van der Waals surface area contributed by atoms with E-state index in [1.807, 2.05) is 6.07 Å². The molecule has 4 aromatic rings. The number of aromatic nitrogens is 4. The second-order valence-corrected chi connectivity index (χ2v) is 11.9. The van der Waals surface area contributed by atoms with Crippen molar-refractivity contribution in [3.05, 3.63) is 60.8 Å². The Morgan fingerprint density at radius 3 is 2.58 bits per heavy atom. The van der Waals surface area contributed by atoms with E-state index in [1.165, 1.54) is 10.9 Å². The lowest BCUT2D eigenvalue weighted by Gasteiger charge is -2.33. The number of fused-ring (bicyclic) bond motifs is 1. The highest BCUT2D eigenvalue weighted by atomic mass is 32.2. The number of hydrogen-bond donors (Lipinski definition) is 1. The number of nitrogens with zero attached hydrogens (tertiary/aromatic N) is 6. The maximum Gasteiger partial charge on any atom is 0.235 e. The first kappa shape index (κ1) is 26.5. The summed E-state index contributed by atoms with van der Waals surface area (Å²) in [6.07, 6.45) is 7.13. The Morgan fingerprint density at radius 1 is 1.07 bits per heavy atom. The first-order chi connectivity index (χ1) is 19.3. The fourth-order valence-corrected chi connectivity index (χ4v) is 6.54. The second-order valence-electron chi connectivity index (χ2n) is 10.1. The van der Waals surface area contributed by atoms with E-state index in [9.17, 15) is 8.42 Å². The molecule has 6 rings (SSSR count). The molecule has 0 aliphatic carbocycles. The normalized spacial score (nSPS) is 18.5. The zero-order chi connectivity index (χ0) is 27.9. The number of likely N-dealkylation sites (N-methyl/N-ethyl adjacent to an activating group) is 1. The average Bonchev–Trinajstić information content (AvgIpc) is 3.59. The minimum Gasteiger partial charge on any atom is -0.377 e. The summed E-state index contributed by atoms with van der Waals surface area (Å²) in [6.45, 7) is 3.89. The minimum atomic E-state index is -3.94. The van der Waals surface area contributed by atoms with Crippen LogP contribution in [0.4, 0.5) is 20.3 Å². The number of pyridine rings is 1. The van der Waals surface area contributed by atoms with E-state index in [4.69, 9.17) is 9.72 Å². The third-order valence-corrected chi connectivity index (χ3v) is 8.68. The van der Waals surface area contributed by atoms with Crippen molar-refractivity contribution in [2.45, 2.75) is 18.9 Å². The molecule has 1 unspecified atom stereocenters. The smallest absolute Gasteiger partial charge is 0.235 e. The first-order valence-corrected chi connectivity index (χ1v) is 14.8. The molecule has 13 heteroatoms. The maximum atomic E-state index is 15.9. The van der Waals surface area contributed by atoms with Gasteiger partial charge in [0.2, 0.25) is 10.0 Å². The Labute approximate surface area is 230 Å². The summed E-state index contributed by atoms with van der Waals surface area (Å²) < 4.78 is 65.8. The molecule has 10 nitrogen and oxygen atoms in total. The van der Waals surface area contributed by atoms with E-state index in [1.54, 1.807) is 24.7 Å². The van der Waals surface area contributed by atoms with E-state index in [2.05, 4.69) is 31.5 Å². The van der Waals surface area contributed by atoms with Crippen molar-refractivity contribution >= 4 is 32.6 Å². The van der Waals surface area contributed by atoms with Crippen molar-refractivity contribution in [3.8, 4) is 16.8 Å². The Kier molecular flexibility index (Phi) is 7.11. The zero-order valence-corrected chi connectivity index (χ0v) is 22.7. The standard InChI is InChI=1S/C27H29F2N7O3S/c1-34-8-10-35(11-9-34)24-7-6-23-26(32-24)20(18-13-30-17-31-14-18)15-36(23)27-21(28)4-5-22(25(27)29)33-40(37,38)16-19-3-2-12-39-19/h4-7,13-15,17,19,33H,2-3,8-12,16H2,1H3. The summed E-state index contributed by atoms with van der Waals surface area (Å²) in [4.78, 5) is 17.5. The number of piperazine rings is 1. The molecule has 0 amide bonds. The van der Waals surface area contributed by atoms with Gasteiger partial charge >= 0.3 is 0 Å². The molecule has 0 spiro atoms. The third-order valence-electron chi connectivity index (χ3n) is 7.33. The van der Waals surface area contributed by atoms with E-state index in [0.29, 0.717) is 35.2 Å². The number of nitrogens with one attached hydrogen (secondary N) is 1. The summed E-state index contributed by atoms with van der Waals surface area (Å²) in [7, 11) is -1.87. The van der Waals surface area contributed by atoms with E-state index < -0.39 is 33.4 Å². The quantitative estimate of drug-likeness (QED) is 0.361.